The van der Waals surface area contributed by atoms with Crippen LogP contribution < -0.4 is 4.90 Å². The zero-order valence-corrected chi connectivity index (χ0v) is 15.2. The van der Waals surface area contributed by atoms with Gasteiger partial charge in [0.15, 0.2) is 5.65 Å². The normalized spacial score (nSPS) is 11.0. The number of aromatic nitrogens is 4. The molecule has 0 saturated carbocycles. The Balaban J connectivity index is 0.00000100. The summed E-state index contributed by atoms with van der Waals surface area (Å²) in [5.74, 6) is 0.512. The number of aromatic amines is 1. The maximum absolute atomic E-state index is 11.7. The molecule has 0 amide bonds. The van der Waals surface area contributed by atoms with E-state index in [1.807, 2.05) is 44.2 Å². The van der Waals surface area contributed by atoms with Gasteiger partial charge in [-0.15, -0.1) is 0 Å². The Morgan fingerprint density at radius 2 is 1.67 bits per heavy atom. The Bertz CT molecular complexity index is 934. The van der Waals surface area contributed by atoms with E-state index >= 15 is 0 Å². The maximum atomic E-state index is 11.7. The molecule has 24 heavy (non-hydrogen) atoms. The molecule has 0 fully saturated rings. The van der Waals surface area contributed by atoms with E-state index in [2.05, 4.69) is 20.2 Å². The number of rotatable bonds is 3. The van der Waals surface area contributed by atoms with Gasteiger partial charge in [0.1, 0.15) is 5.82 Å². The molecule has 128 valence electrons. The van der Waals surface area contributed by atoms with Crippen LogP contribution in [0.3, 0.4) is 0 Å². The van der Waals surface area contributed by atoms with Gasteiger partial charge in [0.05, 0.1) is 11.1 Å². The van der Waals surface area contributed by atoms with Crippen LogP contribution in [-0.2, 0) is 9.84 Å². The van der Waals surface area contributed by atoms with Gasteiger partial charge in [-0.3, -0.25) is 5.10 Å². The molecule has 0 saturated heterocycles. The predicted molar refractivity (Wildman–Crippen MR) is 95.9 cm³/mol. The second-order valence-corrected chi connectivity index (χ2v) is 7.07. The first-order chi connectivity index (χ1) is 11.4. The molecule has 8 heteroatoms. The molecule has 3 rings (SSSR count). The minimum atomic E-state index is -3.51. The average molecular weight is 347 g/mol. The molecule has 0 aliphatic heterocycles. The lowest BCUT2D eigenvalue weighted by Gasteiger charge is -2.13. The first-order valence-electron chi connectivity index (χ1n) is 7.57. The number of H-pyrrole nitrogens is 1. The van der Waals surface area contributed by atoms with Crippen LogP contribution >= 0.6 is 0 Å². The van der Waals surface area contributed by atoms with Crippen LogP contribution in [0.4, 0.5) is 5.82 Å². The highest BCUT2D eigenvalue weighted by Gasteiger charge is 2.21. The third-order valence-corrected chi connectivity index (χ3v) is 4.04. The van der Waals surface area contributed by atoms with Gasteiger partial charge in [-0.25, -0.2) is 13.4 Å². The van der Waals surface area contributed by atoms with Crippen molar-refractivity contribution in [3.63, 3.8) is 0 Å². The van der Waals surface area contributed by atoms with Crippen LogP contribution in [0.25, 0.3) is 22.3 Å². The van der Waals surface area contributed by atoms with Gasteiger partial charge < -0.3 is 4.90 Å². The number of hydrogen-bond donors (Lipinski definition) is 1. The van der Waals surface area contributed by atoms with Crippen molar-refractivity contribution in [3.8, 4) is 11.3 Å². The lowest BCUT2D eigenvalue weighted by molar-refractivity contribution is 0.593. The predicted octanol–water partition coefficient (Wildman–Crippen LogP) is 2.52. The van der Waals surface area contributed by atoms with Crippen LogP contribution in [0, 0.1) is 0 Å². The van der Waals surface area contributed by atoms with Crippen LogP contribution in [-0.4, -0.2) is 48.9 Å². The SMILES string of the molecule is CC.CN(C)c1nc(S(C)(=O)=O)nc2n[nH]c(-c3ccccc3)c12. The van der Waals surface area contributed by atoms with Crippen LogP contribution in [0.5, 0.6) is 0 Å². The van der Waals surface area contributed by atoms with Crippen molar-refractivity contribution in [3.05, 3.63) is 30.3 Å². The van der Waals surface area contributed by atoms with Crippen LogP contribution in [0.2, 0.25) is 0 Å². The van der Waals surface area contributed by atoms with Gasteiger partial charge in [0, 0.05) is 25.9 Å². The Hall–Kier alpha value is -2.48. The lowest BCUT2D eigenvalue weighted by atomic mass is 10.1. The monoisotopic (exact) mass is 347 g/mol. The second kappa shape index (κ2) is 6.96. The summed E-state index contributed by atoms with van der Waals surface area (Å²) in [6.07, 6.45) is 1.08. The van der Waals surface area contributed by atoms with Crippen LogP contribution in [0.15, 0.2) is 35.5 Å². The van der Waals surface area contributed by atoms with E-state index in [4.69, 9.17) is 0 Å². The molecule has 0 aliphatic rings. The van der Waals surface area contributed by atoms with E-state index in [0.29, 0.717) is 16.9 Å². The quantitative estimate of drug-likeness (QED) is 0.732. The number of hydrogen-bond acceptors (Lipinski definition) is 6. The molecule has 2 heterocycles. The number of benzene rings is 1. The van der Waals surface area contributed by atoms with Crippen molar-refractivity contribution in [2.45, 2.75) is 19.0 Å². The van der Waals surface area contributed by atoms with Crippen molar-refractivity contribution in [2.75, 3.05) is 25.3 Å². The maximum Gasteiger partial charge on any atom is 0.250 e. The molecule has 3 aromatic rings. The molecule has 0 bridgehead atoms. The van der Waals surface area contributed by atoms with Crippen molar-refractivity contribution in [1.29, 1.82) is 0 Å². The van der Waals surface area contributed by atoms with Gasteiger partial charge in [0.25, 0.3) is 5.16 Å². The standard InChI is InChI=1S/C14H15N5O2S.C2H6/c1-19(2)13-10-11(9-7-5-4-6-8-9)17-18-12(10)15-14(16-13)22(3,20)21;1-2/h4-8H,1-3H3,(H,15,16,17,18);1-2H3. The molecule has 0 radical (unpaired) electrons. The van der Waals surface area contributed by atoms with E-state index in [0.717, 1.165) is 17.5 Å². The fourth-order valence-corrected chi connectivity index (χ4v) is 2.69. The van der Waals surface area contributed by atoms with Gasteiger partial charge >= 0.3 is 0 Å². The van der Waals surface area contributed by atoms with E-state index in [1.165, 1.54) is 0 Å². The van der Waals surface area contributed by atoms with E-state index in [-0.39, 0.29) is 5.16 Å². The largest absolute Gasteiger partial charge is 0.362 e. The Kier molecular flexibility index (Phi) is 5.18. The molecule has 1 aromatic carbocycles. The first-order valence-corrected chi connectivity index (χ1v) is 9.46. The molecular formula is C16H21N5O2S. The Morgan fingerprint density at radius 3 is 2.21 bits per heavy atom. The molecule has 0 unspecified atom stereocenters. The van der Waals surface area contributed by atoms with Crippen molar-refractivity contribution in [2.24, 2.45) is 0 Å². The average Bonchev–Trinajstić information content (AvgIpc) is 2.99. The Labute approximate surface area is 141 Å². The summed E-state index contributed by atoms with van der Waals surface area (Å²) in [7, 11) is 0.0939. The minimum absolute atomic E-state index is 0.227. The highest BCUT2D eigenvalue weighted by atomic mass is 32.2. The summed E-state index contributed by atoms with van der Waals surface area (Å²) in [6.45, 7) is 4.00. The van der Waals surface area contributed by atoms with Gasteiger partial charge in [-0.05, 0) is 0 Å². The van der Waals surface area contributed by atoms with Crippen LogP contribution in [0.1, 0.15) is 13.8 Å². The van der Waals surface area contributed by atoms with E-state index in [9.17, 15) is 8.42 Å². The van der Waals surface area contributed by atoms with Gasteiger partial charge in [-0.2, -0.15) is 10.1 Å². The van der Waals surface area contributed by atoms with Crippen molar-refractivity contribution < 1.29 is 8.42 Å². The van der Waals surface area contributed by atoms with Crippen molar-refractivity contribution >= 4 is 26.7 Å². The topological polar surface area (TPSA) is 91.8 Å². The second-order valence-electron chi connectivity index (χ2n) is 5.16. The number of fused-ring (bicyclic) bond motifs is 1. The zero-order chi connectivity index (χ0) is 17.9. The van der Waals surface area contributed by atoms with Gasteiger partial charge in [-0.1, -0.05) is 44.2 Å². The summed E-state index contributed by atoms with van der Waals surface area (Å²) in [6, 6.07) is 9.65. The third-order valence-electron chi connectivity index (χ3n) is 3.19. The number of sulfone groups is 1. The highest BCUT2D eigenvalue weighted by molar-refractivity contribution is 7.90. The molecular weight excluding hydrogens is 326 g/mol. The summed E-state index contributed by atoms with van der Waals surface area (Å²) in [5.41, 5.74) is 2.03. The first kappa shape index (κ1) is 17.9. The molecule has 0 spiro atoms. The molecule has 7 nitrogen and oxygen atoms in total. The number of anilines is 1. The third kappa shape index (κ3) is 3.38. The van der Waals surface area contributed by atoms with Gasteiger partial charge in [0.2, 0.25) is 9.84 Å². The summed E-state index contributed by atoms with van der Waals surface area (Å²) in [5, 5.41) is 7.55. The lowest BCUT2D eigenvalue weighted by Crippen LogP contribution is -2.14. The molecule has 2 aromatic heterocycles. The number of nitrogens with one attached hydrogen (secondary N) is 1. The molecule has 1 N–H and O–H groups in total. The van der Waals surface area contributed by atoms with E-state index < -0.39 is 9.84 Å². The fraction of sp³-hybridized carbons (Fsp3) is 0.312. The fourth-order valence-electron chi connectivity index (χ4n) is 2.19. The zero-order valence-electron chi connectivity index (χ0n) is 14.4. The highest BCUT2D eigenvalue weighted by Crippen LogP contribution is 2.31. The summed E-state index contributed by atoms with van der Waals surface area (Å²) in [4.78, 5) is 10.0. The number of nitrogens with zero attached hydrogens (tertiary/aromatic N) is 4. The molecule has 0 atom stereocenters. The Morgan fingerprint density at radius 1 is 1.04 bits per heavy atom. The van der Waals surface area contributed by atoms with E-state index in [1.54, 1.807) is 19.0 Å². The minimum Gasteiger partial charge on any atom is -0.362 e. The summed E-state index contributed by atoms with van der Waals surface area (Å²) < 4.78 is 23.5. The van der Waals surface area contributed by atoms with Crippen molar-refractivity contribution in [1.82, 2.24) is 20.2 Å². The smallest absolute Gasteiger partial charge is 0.250 e. The summed E-state index contributed by atoms with van der Waals surface area (Å²) >= 11 is 0. The molecule has 0 aliphatic carbocycles.